The van der Waals surface area contributed by atoms with E-state index in [4.69, 9.17) is 4.74 Å². The zero-order valence-corrected chi connectivity index (χ0v) is 19.0. The average molecular weight is 445 g/mol. The van der Waals surface area contributed by atoms with Gasteiger partial charge >= 0.3 is 0 Å². The Morgan fingerprint density at radius 2 is 1.64 bits per heavy atom. The molecule has 170 valence electrons. The summed E-state index contributed by atoms with van der Waals surface area (Å²) in [6.45, 7) is 7.03. The lowest BCUT2D eigenvalue weighted by Gasteiger charge is -2.35. The van der Waals surface area contributed by atoms with Gasteiger partial charge in [0.25, 0.3) is 11.8 Å². The highest BCUT2D eigenvalue weighted by atomic mass is 16.5. The van der Waals surface area contributed by atoms with Crippen molar-refractivity contribution in [1.82, 2.24) is 9.88 Å². The van der Waals surface area contributed by atoms with Crippen molar-refractivity contribution in [2.45, 2.75) is 13.8 Å². The number of aryl methyl sites for hydroxylation is 1. The number of rotatable bonds is 6. The highest BCUT2D eigenvalue weighted by Crippen LogP contribution is 2.21. The van der Waals surface area contributed by atoms with Crippen LogP contribution in [0.5, 0.6) is 5.75 Å². The summed E-state index contributed by atoms with van der Waals surface area (Å²) >= 11 is 0. The van der Waals surface area contributed by atoms with Crippen molar-refractivity contribution in [1.29, 1.82) is 0 Å². The average Bonchev–Trinajstić information content (AvgIpc) is 2.85. The second-order valence-corrected chi connectivity index (χ2v) is 7.88. The first kappa shape index (κ1) is 22.3. The summed E-state index contributed by atoms with van der Waals surface area (Å²) in [7, 11) is 0. The van der Waals surface area contributed by atoms with E-state index in [1.54, 1.807) is 18.3 Å². The van der Waals surface area contributed by atoms with Crippen LogP contribution in [0.25, 0.3) is 0 Å². The van der Waals surface area contributed by atoms with E-state index < -0.39 is 0 Å². The highest BCUT2D eigenvalue weighted by Gasteiger charge is 2.23. The van der Waals surface area contributed by atoms with Crippen LogP contribution in [0.4, 0.5) is 11.5 Å². The maximum absolute atomic E-state index is 12.8. The lowest BCUT2D eigenvalue weighted by Crippen LogP contribution is -2.49. The van der Waals surface area contributed by atoms with Crippen LogP contribution in [0.3, 0.4) is 0 Å². The first-order chi connectivity index (χ1) is 16.1. The Morgan fingerprint density at radius 3 is 2.30 bits per heavy atom. The molecule has 0 spiro atoms. The van der Waals surface area contributed by atoms with Crippen LogP contribution in [-0.2, 0) is 0 Å². The number of amides is 2. The number of para-hydroxylation sites is 1. The third kappa shape index (κ3) is 5.14. The van der Waals surface area contributed by atoms with Gasteiger partial charge in [-0.05, 0) is 49.7 Å². The fourth-order valence-corrected chi connectivity index (χ4v) is 3.90. The van der Waals surface area contributed by atoms with E-state index in [1.165, 1.54) is 0 Å². The van der Waals surface area contributed by atoms with Crippen molar-refractivity contribution in [2.24, 2.45) is 0 Å². The lowest BCUT2D eigenvalue weighted by molar-refractivity contribution is 0.0745. The third-order valence-corrected chi connectivity index (χ3v) is 5.70. The summed E-state index contributed by atoms with van der Waals surface area (Å²) < 4.78 is 5.54. The van der Waals surface area contributed by atoms with E-state index in [0.717, 1.165) is 16.9 Å². The number of anilines is 2. The summed E-state index contributed by atoms with van der Waals surface area (Å²) in [6.07, 6.45) is 1.65. The molecular weight excluding hydrogens is 416 g/mol. The number of carbonyl (C=O) groups is 2. The fraction of sp³-hybridized carbons (Fsp3) is 0.269. The molecular formula is C26H28N4O3. The molecule has 1 fully saturated rings. The number of aromatic nitrogens is 1. The quantitative estimate of drug-likeness (QED) is 0.622. The van der Waals surface area contributed by atoms with Crippen molar-refractivity contribution < 1.29 is 14.3 Å². The minimum Gasteiger partial charge on any atom is -0.493 e. The first-order valence-electron chi connectivity index (χ1n) is 11.2. The number of benzene rings is 2. The van der Waals surface area contributed by atoms with E-state index in [-0.39, 0.29) is 11.8 Å². The molecule has 0 bridgehead atoms. The highest BCUT2D eigenvalue weighted by molar-refractivity contribution is 6.06. The zero-order valence-electron chi connectivity index (χ0n) is 19.0. The Morgan fingerprint density at radius 1 is 0.939 bits per heavy atom. The Labute approximate surface area is 194 Å². The molecule has 1 N–H and O–H groups in total. The number of ether oxygens (including phenoxy) is 1. The predicted molar refractivity (Wildman–Crippen MR) is 129 cm³/mol. The Hall–Kier alpha value is -3.87. The number of pyridine rings is 1. The molecule has 0 unspecified atom stereocenters. The fourth-order valence-electron chi connectivity index (χ4n) is 3.90. The van der Waals surface area contributed by atoms with E-state index >= 15 is 0 Å². The molecule has 1 aromatic heterocycles. The first-order valence-corrected chi connectivity index (χ1v) is 11.2. The maximum atomic E-state index is 12.8. The van der Waals surface area contributed by atoms with Crippen LogP contribution in [0.1, 0.15) is 33.2 Å². The third-order valence-electron chi connectivity index (χ3n) is 5.70. The molecule has 0 atom stereocenters. The molecule has 7 heteroatoms. The number of hydrogen-bond acceptors (Lipinski definition) is 5. The van der Waals surface area contributed by atoms with Gasteiger partial charge < -0.3 is 19.9 Å². The maximum Gasteiger partial charge on any atom is 0.259 e. The van der Waals surface area contributed by atoms with Crippen molar-refractivity contribution in [3.05, 3.63) is 83.6 Å². The Bertz CT molecular complexity index is 1120. The van der Waals surface area contributed by atoms with Crippen LogP contribution < -0.4 is 15.0 Å². The van der Waals surface area contributed by atoms with Gasteiger partial charge in [-0.1, -0.05) is 30.3 Å². The lowest BCUT2D eigenvalue weighted by atomic mass is 10.1. The zero-order chi connectivity index (χ0) is 23.2. The largest absolute Gasteiger partial charge is 0.493 e. The molecule has 1 saturated heterocycles. The standard InChI is InChI=1S/C26H28N4O3/c1-3-33-23-11-7-6-10-22(23)25(31)28-20-12-13-24(27-18-20)29-14-16-30(17-15-29)26(32)21-9-5-4-8-19(21)2/h4-13,18H,3,14-17H2,1-2H3,(H,28,31). The van der Waals surface area contributed by atoms with Gasteiger partial charge in [0, 0.05) is 31.7 Å². The minimum atomic E-state index is -0.239. The number of carbonyl (C=O) groups excluding carboxylic acids is 2. The van der Waals surface area contributed by atoms with Gasteiger partial charge in [0.05, 0.1) is 24.1 Å². The van der Waals surface area contributed by atoms with Crippen molar-refractivity contribution >= 4 is 23.3 Å². The number of hydrogen-bond donors (Lipinski definition) is 1. The van der Waals surface area contributed by atoms with Gasteiger partial charge in [-0.15, -0.1) is 0 Å². The smallest absolute Gasteiger partial charge is 0.259 e. The van der Waals surface area contributed by atoms with Gasteiger partial charge in [-0.25, -0.2) is 4.98 Å². The SMILES string of the molecule is CCOc1ccccc1C(=O)Nc1ccc(N2CCN(C(=O)c3ccccc3C)CC2)nc1. The molecule has 4 rings (SSSR count). The molecule has 1 aliphatic rings. The predicted octanol–water partition coefficient (Wildman–Crippen LogP) is 4.00. The Kier molecular flexibility index (Phi) is 6.88. The van der Waals surface area contributed by atoms with Crippen LogP contribution in [0.15, 0.2) is 66.9 Å². The molecule has 1 aliphatic heterocycles. The van der Waals surface area contributed by atoms with Gasteiger partial charge in [0.2, 0.25) is 0 Å². The van der Waals surface area contributed by atoms with E-state index in [1.807, 2.05) is 67.3 Å². The molecule has 2 heterocycles. The van der Waals surface area contributed by atoms with Crippen molar-refractivity contribution in [2.75, 3.05) is 43.0 Å². The monoisotopic (exact) mass is 444 g/mol. The van der Waals surface area contributed by atoms with Crippen LogP contribution >= 0.6 is 0 Å². The van der Waals surface area contributed by atoms with Gasteiger partial charge in [-0.3, -0.25) is 9.59 Å². The molecule has 0 saturated carbocycles. The molecule has 33 heavy (non-hydrogen) atoms. The second kappa shape index (κ2) is 10.2. The van der Waals surface area contributed by atoms with Crippen molar-refractivity contribution in [3.63, 3.8) is 0 Å². The summed E-state index contributed by atoms with van der Waals surface area (Å²) in [5.74, 6) is 1.22. The van der Waals surface area contributed by atoms with Crippen LogP contribution in [0.2, 0.25) is 0 Å². The van der Waals surface area contributed by atoms with E-state index in [0.29, 0.717) is 49.8 Å². The van der Waals surface area contributed by atoms with Crippen LogP contribution in [-0.4, -0.2) is 54.5 Å². The molecule has 7 nitrogen and oxygen atoms in total. The van der Waals surface area contributed by atoms with E-state index in [2.05, 4.69) is 15.2 Å². The van der Waals surface area contributed by atoms with Crippen molar-refractivity contribution in [3.8, 4) is 5.75 Å². The molecule has 2 amide bonds. The minimum absolute atomic E-state index is 0.0751. The second-order valence-electron chi connectivity index (χ2n) is 7.88. The van der Waals surface area contributed by atoms with E-state index in [9.17, 15) is 9.59 Å². The summed E-state index contributed by atoms with van der Waals surface area (Å²) in [5, 5.41) is 2.88. The number of nitrogens with zero attached hydrogens (tertiary/aromatic N) is 3. The summed E-state index contributed by atoms with van der Waals surface area (Å²) in [4.78, 5) is 34.1. The number of piperazine rings is 1. The summed E-state index contributed by atoms with van der Waals surface area (Å²) in [6, 6.07) is 18.6. The Balaban J connectivity index is 1.35. The topological polar surface area (TPSA) is 74.8 Å². The van der Waals surface area contributed by atoms with Crippen LogP contribution in [0, 0.1) is 6.92 Å². The molecule has 3 aromatic rings. The van der Waals surface area contributed by atoms with Gasteiger partial charge in [0.1, 0.15) is 11.6 Å². The molecule has 2 aromatic carbocycles. The summed E-state index contributed by atoms with van der Waals surface area (Å²) in [5.41, 5.74) is 2.85. The normalized spacial score (nSPS) is 13.5. The molecule has 0 aliphatic carbocycles. The molecule has 0 radical (unpaired) electrons. The van der Waals surface area contributed by atoms with Gasteiger partial charge in [-0.2, -0.15) is 0 Å². The number of nitrogens with one attached hydrogen (secondary N) is 1. The van der Waals surface area contributed by atoms with Gasteiger partial charge in [0.15, 0.2) is 0 Å².